The van der Waals surface area contributed by atoms with E-state index in [2.05, 4.69) is 48.7 Å². The number of hydrogen-bond acceptors (Lipinski definition) is 1. The van der Waals surface area contributed by atoms with Crippen LogP contribution in [0.5, 0.6) is 0 Å². The lowest BCUT2D eigenvalue weighted by Gasteiger charge is -2.18. The maximum Gasteiger partial charge on any atom is 0.0208 e. The van der Waals surface area contributed by atoms with Gasteiger partial charge >= 0.3 is 0 Å². The highest BCUT2D eigenvalue weighted by molar-refractivity contribution is 5.26. The van der Waals surface area contributed by atoms with Gasteiger partial charge in [0, 0.05) is 6.54 Å². The number of nitrogens with one attached hydrogen (secondary N) is 1. The van der Waals surface area contributed by atoms with Gasteiger partial charge in [0.05, 0.1) is 0 Å². The van der Waals surface area contributed by atoms with Crippen molar-refractivity contribution in [2.75, 3.05) is 6.54 Å². The minimum atomic E-state index is 0.841. The highest BCUT2D eigenvalue weighted by Gasteiger charge is 2.09. The van der Waals surface area contributed by atoms with E-state index in [0.29, 0.717) is 0 Å². The Morgan fingerprint density at radius 1 is 1.18 bits per heavy atom. The summed E-state index contributed by atoms with van der Waals surface area (Å²) in [6.07, 6.45) is 9.63. The monoisotopic (exact) mass is 229 g/mol. The van der Waals surface area contributed by atoms with E-state index in [1.165, 1.54) is 30.4 Å². The Hall–Kier alpha value is -1.08. The number of benzene rings is 1. The van der Waals surface area contributed by atoms with Crippen LogP contribution in [0.1, 0.15) is 37.3 Å². The van der Waals surface area contributed by atoms with E-state index in [-0.39, 0.29) is 0 Å². The van der Waals surface area contributed by atoms with Crippen molar-refractivity contribution in [2.24, 2.45) is 5.92 Å². The number of hydrogen-bond donors (Lipinski definition) is 1. The third-order valence-corrected chi connectivity index (χ3v) is 3.63. The molecule has 0 spiro atoms. The second-order valence-electron chi connectivity index (χ2n) is 4.90. The summed E-state index contributed by atoms with van der Waals surface area (Å²) in [5, 5.41) is 3.61. The zero-order valence-electron chi connectivity index (χ0n) is 10.8. The lowest BCUT2D eigenvalue weighted by atomic mass is 9.94. The molecule has 0 amide bonds. The molecule has 0 saturated heterocycles. The first kappa shape index (κ1) is 12.4. The van der Waals surface area contributed by atoms with Crippen molar-refractivity contribution in [1.29, 1.82) is 0 Å². The van der Waals surface area contributed by atoms with Gasteiger partial charge in [-0.1, -0.05) is 43.3 Å². The molecule has 0 aliphatic heterocycles. The fourth-order valence-corrected chi connectivity index (χ4v) is 2.53. The van der Waals surface area contributed by atoms with E-state index in [9.17, 15) is 0 Å². The van der Waals surface area contributed by atoms with Crippen LogP contribution < -0.4 is 5.32 Å². The summed E-state index contributed by atoms with van der Waals surface area (Å²) in [4.78, 5) is 0. The maximum atomic E-state index is 3.61. The third-order valence-electron chi connectivity index (χ3n) is 3.63. The molecule has 1 nitrogen and oxygen atoms in total. The summed E-state index contributed by atoms with van der Waals surface area (Å²) in [7, 11) is 0. The van der Waals surface area contributed by atoms with Gasteiger partial charge in [-0.15, -0.1) is 0 Å². The van der Waals surface area contributed by atoms with Gasteiger partial charge in [-0.2, -0.15) is 0 Å². The molecule has 2 rings (SSSR count). The molecule has 0 saturated carbocycles. The molecule has 1 N–H and O–H groups in total. The lowest BCUT2D eigenvalue weighted by molar-refractivity contribution is 0.440. The Kier molecular flexibility index (Phi) is 4.81. The van der Waals surface area contributed by atoms with E-state index in [1.807, 2.05) is 0 Å². The van der Waals surface area contributed by atoms with E-state index in [1.54, 1.807) is 0 Å². The van der Waals surface area contributed by atoms with Gasteiger partial charge in [-0.3, -0.25) is 0 Å². The summed E-state index contributed by atoms with van der Waals surface area (Å²) in [6.45, 7) is 4.40. The van der Waals surface area contributed by atoms with E-state index >= 15 is 0 Å². The summed E-state index contributed by atoms with van der Waals surface area (Å²) >= 11 is 0. The molecule has 1 unspecified atom stereocenters. The van der Waals surface area contributed by atoms with Gasteiger partial charge in [0.15, 0.2) is 0 Å². The molecule has 92 valence electrons. The Labute approximate surface area is 105 Å². The fourth-order valence-electron chi connectivity index (χ4n) is 2.53. The van der Waals surface area contributed by atoms with Gasteiger partial charge in [-0.05, 0) is 49.3 Å². The summed E-state index contributed by atoms with van der Waals surface area (Å²) in [6, 6.07) is 8.75. The molecule has 0 fully saturated rings. The zero-order valence-corrected chi connectivity index (χ0v) is 10.8. The quantitative estimate of drug-likeness (QED) is 0.759. The molecule has 1 heteroatoms. The van der Waals surface area contributed by atoms with Crippen molar-refractivity contribution in [3.8, 4) is 0 Å². The van der Waals surface area contributed by atoms with Gasteiger partial charge in [0.1, 0.15) is 0 Å². The molecule has 0 heterocycles. The summed E-state index contributed by atoms with van der Waals surface area (Å²) in [5.41, 5.74) is 2.94. The SMILES string of the molecule is CCc1ccccc1CNCC1CC=CCC1. The molecular weight excluding hydrogens is 206 g/mol. The molecule has 1 aliphatic rings. The fraction of sp³-hybridized carbons (Fsp3) is 0.500. The predicted molar refractivity (Wildman–Crippen MR) is 74.0 cm³/mol. The van der Waals surface area contributed by atoms with Gasteiger partial charge < -0.3 is 5.32 Å². The van der Waals surface area contributed by atoms with E-state index in [0.717, 1.165) is 25.4 Å². The minimum Gasteiger partial charge on any atom is -0.312 e. The van der Waals surface area contributed by atoms with Crippen molar-refractivity contribution in [3.05, 3.63) is 47.5 Å². The van der Waals surface area contributed by atoms with Crippen LogP contribution in [0.25, 0.3) is 0 Å². The van der Waals surface area contributed by atoms with Crippen LogP contribution in [0, 0.1) is 5.92 Å². The highest BCUT2D eigenvalue weighted by atomic mass is 14.9. The second-order valence-corrected chi connectivity index (χ2v) is 4.90. The Bertz CT molecular complexity index is 368. The predicted octanol–water partition coefficient (Wildman–Crippen LogP) is 3.69. The van der Waals surface area contributed by atoms with Crippen molar-refractivity contribution < 1.29 is 0 Å². The van der Waals surface area contributed by atoms with Crippen molar-refractivity contribution in [2.45, 2.75) is 39.2 Å². The minimum absolute atomic E-state index is 0.841. The van der Waals surface area contributed by atoms with Gasteiger partial charge in [0.2, 0.25) is 0 Å². The Morgan fingerprint density at radius 3 is 2.71 bits per heavy atom. The topological polar surface area (TPSA) is 12.0 Å². The normalized spacial score (nSPS) is 19.5. The van der Waals surface area contributed by atoms with Gasteiger partial charge in [0.25, 0.3) is 0 Å². The third kappa shape index (κ3) is 3.71. The smallest absolute Gasteiger partial charge is 0.0208 e. The summed E-state index contributed by atoms with van der Waals surface area (Å²) < 4.78 is 0. The molecule has 0 aromatic heterocycles. The van der Waals surface area contributed by atoms with Crippen LogP contribution in [0.4, 0.5) is 0 Å². The Morgan fingerprint density at radius 2 is 2.00 bits per heavy atom. The van der Waals surface area contributed by atoms with Crippen LogP contribution >= 0.6 is 0 Å². The molecule has 1 aromatic carbocycles. The highest BCUT2D eigenvalue weighted by Crippen LogP contribution is 2.17. The van der Waals surface area contributed by atoms with Gasteiger partial charge in [-0.25, -0.2) is 0 Å². The van der Waals surface area contributed by atoms with Crippen molar-refractivity contribution in [1.82, 2.24) is 5.32 Å². The standard InChI is InChI=1S/C16H23N/c1-2-15-10-6-7-11-16(15)13-17-12-14-8-4-3-5-9-14/h3-4,6-7,10-11,14,17H,2,5,8-9,12-13H2,1H3. The first-order valence-corrected chi connectivity index (χ1v) is 6.82. The van der Waals surface area contributed by atoms with Crippen LogP contribution in [0.3, 0.4) is 0 Å². The molecule has 0 radical (unpaired) electrons. The van der Waals surface area contributed by atoms with Crippen LogP contribution in [-0.2, 0) is 13.0 Å². The molecule has 1 atom stereocenters. The zero-order chi connectivity index (χ0) is 11.9. The van der Waals surface area contributed by atoms with Crippen molar-refractivity contribution >= 4 is 0 Å². The number of rotatable bonds is 5. The van der Waals surface area contributed by atoms with Crippen LogP contribution in [0.15, 0.2) is 36.4 Å². The molecule has 1 aliphatic carbocycles. The van der Waals surface area contributed by atoms with Crippen molar-refractivity contribution in [3.63, 3.8) is 0 Å². The Balaban J connectivity index is 1.79. The van der Waals surface area contributed by atoms with E-state index in [4.69, 9.17) is 0 Å². The molecular formula is C16H23N. The average Bonchev–Trinajstić information content (AvgIpc) is 2.40. The molecule has 0 bridgehead atoms. The number of aryl methyl sites for hydroxylation is 1. The second kappa shape index (κ2) is 6.61. The number of allylic oxidation sites excluding steroid dienone is 2. The average molecular weight is 229 g/mol. The largest absolute Gasteiger partial charge is 0.312 e. The van der Waals surface area contributed by atoms with Crippen LogP contribution in [0.2, 0.25) is 0 Å². The maximum absolute atomic E-state index is 3.61. The lowest BCUT2D eigenvalue weighted by Crippen LogP contribution is -2.23. The molecule has 17 heavy (non-hydrogen) atoms. The first-order valence-electron chi connectivity index (χ1n) is 6.82. The van der Waals surface area contributed by atoms with Crippen LogP contribution in [-0.4, -0.2) is 6.54 Å². The summed E-state index contributed by atoms with van der Waals surface area (Å²) in [5.74, 6) is 0.841. The molecule has 1 aromatic rings. The van der Waals surface area contributed by atoms with E-state index < -0.39 is 0 Å². The first-order chi connectivity index (χ1) is 8.40.